The maximum Gasteiger partial charge on any atom is 0.221 e. The Morgan fingerprint density at radius 1 is 1.19 bits per heavy atom. The van der Waals surface area contributed by atoms with Gasteiger partial charge in [-0.25, -0.2) is 0 Å². The van der Waals surface area contributed by atoms with Crippen molar-refractivity contribution in [3.8, 4) is 0 Å². The van der Waals surface area contributed by atoms with Crippen LogP contribution in [0.25, 0.3) is 0 Å². The van der Waals surface area contributed by atoms with E-state index in [0.29, 0.717) is 18.4 Å². The van der Waals surface area contributed by atoms with Crippen molar-refractivity contribution in [1.29, 1.82) is 0 Å². The molecule has 0 aromatic heterocycles. The van der Waals surface area contributed by atoms with Crippen LogP contribution < -0.4 is 10.6 Å². The van der Waals surface area contributed by atoms with Gasteiger partial charge < -0.3 is 15.4 Å². The second-order valence-electron chi connectivity index (χ2n) is 4.84. The summed E-state index contributed by atoms with van der Waals surface area (Å²) in [6, 6.07) is 0.697. The van der Waals surface area contributed by atoms with Crippen molar-refractivity contribution in [2.24, 2.45) is 5.92 Å². The minimum atomic E-state index is 0.180. The van der Waals surface area contributed by atoms with Crippen molar-refractivity contribution < 1.29 is 9.53 Å². The fraction of sp³-hybridized carbons (Fsp3) is 0.917. The lowest BCUT2D eigenvalue weighted by Gasteiger charge is -2.22. The highest BCUT2D eigenvalue weighted by molar-refractivity contribution is 5.76. The van der Waals surface area contributed by atoms with Gasteiger partial charge in [-0.1, -0.05) is 0 Å². The van der Waals surface area contributed by atoms with E-state index in [4.69, 9.17) is 4.74 Å². The van der Waals surface area contributed by atoms with E-state index in [1.54, 1.807) is 0 Å². The van der Waals surface area contributed by atoms with Gasteiger partial charge in [0.25, 0.3) is 0 Å². The summed E-state index contributed by atoms with van der Waals surface area (Å²) in [5.74, 6) is 0.800. The van der Waals surface area contributed by atoms with Gasteiger partial charge in [0.15, 0.2) is 0 Å². The molecule has 1 heterocycles. The molecule has 1 amide bonds. The molecule has 92 valence electrons. The van der Waals surface area contributed by atoms with Crippen molar-refractivity contribution in [2.75, 3.05) is 26.3 Å². The second-order valence-corrected chi connectivity index (χ2v) is 4.84. The number of rotatable bonds is 6. The lowest BCUT2D eigenvalue weighted by Crippen LogP contribution is -2.34. The third-order valence-electron chi connectivity index (χ3n) is 3.29. The normalized spacial score (nSPS) is 22.0. The molecule has 0 unspecified atom stereocenters. The molecular weight excluding hydrogens is 204 g/mol. The second kappa shape index (κ2) is 6.21. The van der Waals surface area contributed by atoms with Gasteiger partial charge in [-0.3, -0.25) is 4.79 Å². The zero-order valence-corrected chi connectivity index (χ0v) is 9.84. The molecule has 2 fully saturated rings. The molecule has 0 bridgehead atoms. The molecule has 1 aliphatic carbocycles. The van der Waals surface area contributed by atoms with Crippen LogP contribution in [0.5, 0.6) is 0 Å². The molecule has 1 aliphatic heterocycles. The molecule has 0 aromatic carbocycles. The fourth-order valence-electron chi connectivity index (χ4n) is 1.97. The summed E-state index contributed by atoms with van der Waals surface area (Å²) in [5.41, 5.74) is 0. The molecular formula is C12H22N2O2. The van der Waals surface area contributed by atoms with E-state index in [-0.39, 0.29) is 5.91 Å². The molecule has 2 rings (SSSR count). The predicted octanol–water partition coefficient (Wildman–Crippen LogP) is 0.671. The lowest BCUT2D eigenvalue weighted by molar-refractivity contribution is -0.121. The largest absolute Gasteiger partial charge is 0.381 e. The molecule has 0 aromatic rings. The first-order valence-electron chi connectivity index (χ1n) is 6.42. The Kier molecular flexibility index (Phi) is 4.60. The van der Waals surface area contributed by atoms with Crippen LogP contribution in [0, 0.1) is 5.92 Å². The quantitative estimate of drug-likeness (QED) is 0.700. The standard InChI is InChI=1S/C12H22N2O2/c15-12(3-6-13-11-1-2-11)14-9-10-4-7-16-8-5-10/h10-11,13H,1-9H2,(H,14,15). The number of carbonyl (C=O) groups excluding carboxylic acids is 1. The van der Waals surface area contributed by atoms with E-state index in [1.807, 2.05) is 0 Å². The van der Waals surface area contributed by atoms with Crippen LogP contribution in [-0.2, 0) is 9.53 Å². The van der Waals surface area contributed by atoms with Crippen LogP contribution in [0.2, 0.25) is 0 Å². The molecule has 0 atom stereocenters. The molecule has 2 N–H and O–H groups in total. The van der Waals surface area contributed by atoms with Crippen molar-refractivity contribution >= 4 is 5.91 Å². The Morgan fingerprint density at radius 2 is 1.94 bits per heavy atom. The average Bonchev–Trinajstić information content (AvgIpc) is 3.12. The summed E-state index contributed by atoms with van der Waals surface area (Å²) >= 11 is 0. The first-order valence-corrected chi connectivity index (χ1v) is 6.42. The molecule has 1 saturated heterocycles. The fourth-order valence-corrected chi connectivity index (χ4v) is 1.97. The van der Waals surface area contributed by atoms with E-state index in [2.05, 4.69) is 10.6 Å². The van der Waals surface area contributed by atoms with Gasteiger partial charge in [-0.2, -0.15) is 0 Å². The van der Waals surface area contributed by atoms with Gasteiger partial charge >= 0.3 is 0 Å². The van der Waals surface area contributed by atoms with E-state index >= 15 is 0 Å². The minimum absolute atomic E-state index is 0.180. The number of carbonyl (C=O) groups is 1. The van der Waals surface area contributed by atoms with Crippen LogP contribution in [-0.4, -0.2) is 38.3 Å². The number of ether oxygens (including phenoxy) is 1. The predicted molar refractivity (Wildman–Crippen MR) is 62.2 cm³/mol. The van der Waals surface area contributed by atoms with Crippen LogP contribution in [0.3, 0.4) is 0 Å². The number of amides is 1. The Hall–Kier alpha value is -0.610. The van der Waals surface area contributed by atoms with Gasteiger partial charge in [-0.15, -0.1) is 0 Å². The number of nitrogens with one attached hydrogen (secondary N) is 2. The maximum absolute atomic E-state index is 11.5. The van der Waals surface area contributed by atoms with E-state index in [9.17, 15) is 4.79 Å². The summed E-state index contributed by atoms with van der Waals surface area (Å²) in [5, 5.41) is 6.36. The van der Waals surface area contributed by atoms with Gasteiger partial charge in [0, 0.05) is 38.8 Å². The van der Waals surface area contributed by atoms with Gasteiger partial charge in [-0.05, 0) is 31.6 Å². The highest BCUT2D eigenvalue weighted by Crippen LogP contribution is 2.18. The Labute approximate surface area is 97.1 Å². The van der Waals surface area contributed by atoms with Gasteiger partial charge in [0.2, 0.25) is 5.91 Å². The zero-order valence-electron chi connectivity index (χ0n) is 9.84. The summed E-state index contributed by atoms with van der Waals surface area (Å²) in [6.07, 6.45) is 5.34. The van der Waals surface area contributed by atoms with Crippen LogP contribution in [0.4, 0.5) is 0 Å². The summed E-state index contributed by atoms with van der Waals surface area (Å²) in [4.78, 5) is 11.5. The maximum atomic E-state index is 11.5. The SMILES string of the molecule is O=C(CCNC1CC1)NCC1CCOCC1. The minimum Gasteiger partial charge on any atom is -0.381 e. The van der Waals surface area contributed by atoms with E-state index in [1.165, 1.54) is 12.8 Å². The number of hydrogen-bond donors (Lipinski definition) is 2. The van der Waals surface area contributed by atoms with Crippen LogP contribution in [0.1, 0.15) is 32.1 Å². The molecule has 4 nitrogen and oxygen atoms in total. The summed E-state index contributed by atoms with van der Waals surface area (Å²) in [6.45, 7) is 3.35. The van der Waals surface area contributed by atoms with E-state index < -0.39 is 0 Å². The first-order chi connectivity index (χ1) is 7.84. The average molecular weight is 226 g/mol. The molecule has 4 heteroatoms. The van der Waals surface area contributed by atoms with Crippen molar-refractivity contribution in [2.45, 2.75) is 38.1 Å². The molecule has 0 spiro atoms. The van der Waals surface area contributed by atoms with E-state index in [0.717, 1.165) is 39.1 Å². The molecule has 0 radical (unpaired) electrons. The highest BCUT2D eigenvalue weighted by Gasteiger charge is 2.20. The topological polar surface area (TPSA) is 50.4 Å². The summed E-state index contributed by atoms with van der Waals surface area (Å²) in [7, 11) is 0. The highest BCUT2D eigenvalue weighted by atomic mass is 16.5. The molecule has 1 saturated carbocycles. The third-order valence-corrected chi connectivity index (χ3v) is 3.29. The van der Waals surface area contributed by atoms with Crippen LogP contribution >= 0.6 is 0 Å². The van der Waals surface area contributed by atoms with Gasteiger partial charge in [0.05, 0.1) is 0 Å². The van der Waals surface area contributed by atoms with Crippen molar-refractivity contribution in [1.82, 2.24) is 10.6 Å². The van der Waals surface area contributed by atoms with Crippen molar-refractivity contribution in [3.63, 3.8) is 0 Å². The third kappa shape index (κ3) is 4.49. The van der Waals surface area contributed by atoms with Crippen molar-refractivity contribution in [3.05, 3.63) is 0 Å². The first kappa shape index (κ1) is 11.9. The lowest BCUT2D eigenvalue weighted by atomic mass is 10.0. The molecule has 2 aliphatic rings. The Morgan fingerprint density at radius 3 is 2.62 bits per heavy atom. The Bertz CT molecular complexity index is 223. The van der Waals surface area contributed by atoms with Crippen LogP contribution in [0.15, 0.2) is 0 Å². The van der Waals surface area contributed by atoms with Gasteiger partial charge in [0.1, 0.15) is 0 Å². The zero-order chi connectivity index (χ0) is 11.2. The summed E-state index contributed by atoms with van der Waals surface area (Å²) < 4.78 is 5.28. The monoisotopic (exact) mass is 226 g/mol. The smallest absolute Gasteiger partial charge is 0.221 e. The Balaban J connectivity index is 1.48. The number of hydrogen-bond acceptors (Lipinski definition) is 3. The molecule has 16 heavy (non-hydrogen) atoms.